The van der Waals surface area contributed by atoms with E-state index in [4.69, 9.17) is 0 Å². The standard InChI is InChI=1S/C16H30N2/c1-18(12-13-5-3-2-4-6-13)16-10-7-14(16)11-17-15-8-9-15/h13-17H,2-12H2,1H3. The van der Waals surface area contributed by atoms with Gasteiger partial charge >= 0.3 is 0 Å². The molecule has 0 aromatic rings. The molecule has 104 valence electrons. The molecule has 0 radical (unpaired) electrons. The van der Waals surface area contributed by atoms with E-state index in [1.807, 2.05) is 0 Å². The van der Waals surface area contributed by atoms with Gasteiger partial charge < -0.3 is 10.2 Å². The average molecular weight is 250 g/mol. The van der Waals surface area contributed by atoms with Crippen molar-refractivity contribution >= 4 is 0 Å². The average Bonchev–Trinajstić information content (AvgIpc) is 3.13. The smallest absolute Gasteiger partial charge is 0.0133 e. The van der Waals surface area contributed by atoms with Crippen molar-refractivity contribution in [3.63, 3.8) is 0 Å². The van der Waals surface area contributed by atoms with Crippen molar-refractivity contribution in [1.29, 1.82) is 0 Å². The van der Waals surface area contributed by atoms with Gasteiger partial charge in [-0.2, -0.15) is 0 Å². The van der Waals surface area contributed by atoms with Crippen LogP contribution in [0.2, 0.25) is 0 Å². The lowest BCUT2D eigenvalue weighted by atomic mass is 9.77. The van der Waals surface area contributed by atoms with Gasteiger partial charge in [0.15, 0.2) is 0 Å². The Labute approximate surface area is 113 Å². The summed E-state index contributed by atoms with van der Waals surface area (Å²) < 4.78 is 0. The maximum atomic E-state index is 3.72. The Balaban J connectivity index is 1.38. The highest BCUT2D eigenvalue weighted by Crippen LogP contribution is 2.34. The van der Waals surface area contributed by atoms with Crippen LogP contribution in [0.4, 0.5) is 0 Å². The summed E-state index contributed by atoms with van der Waals surface area (Å²) in [7, 11) is 2.38. The van der Waals surface area contributed by atoms with Gasteiger partial charge in [0.05, 0.1) is 0 Å². The maximum absolute atomic E-state index is 3.72. The molecule has 3 saturated carbocycles. The quantitative estimate of drug-likeness (QED) is 0.779. The maximum Gasteiger partial charge on any atom is 0.0133 e. The highest BCUT2D eigenvalue weighted by molar-refractivity contribution is 4.92. The molecule has 3 rings (SSSR count). The van der Waals surface area contributed by atoms with Crippen molar-refractivity contribution in [2.75, 3.05) is 20.1 Å². The number of nitrogens with zero attached hydrogens (tertiary/aromatic N) is 1. The molecule has 0 saturated heterocycles. The number of hydrogen-bond donors (Lipinski definition) is 1. The Kier molecular flexibility index (Phi) is 4.25. The Morgan fingerprint density at radius 1 is 0.944 bits per heavy atom. The van der Waals surface area contributed by atoms with Crippen molar-refractivity contribution in [3.05, 3.63) is 0 Å². The predicted octanol–water partition coefficient (Wildman–Crippen LogP) is 3.03. The second kappa shape index (κ2) is 5.92. The highest BCUT2D eigenvalue weighted by Gasteiger charge is 2.35. The van der Waals surface area contributed by atoms with Crippen LogP contribution in [0.5, 0.6) is 0 Å². The largest absolute Gasteiger partial charge is 0.314 e. The zero-order valence-electron chi connectivity index (χ0n) is 12.0. The Hall–Kier alpha value is -0.0800. The Morgan fingerprint density at radius 3 is 2.33 bits per heavy atom. The molecule has 3 aliphatic rings. The molecule has 2 atom stereocenters. The number of nitrogens with one attached hydrogen (secondary N) is 1. The van der Waals surface area contributed by atoms with Crippen LogP contribution in [0, 0.1) is 11.8 Å². The second-order valence-electron chi connectivity index (χ2n) is 7.03. The molecule has 0 aromatic heterocycles. The first-order chi connectivity index (χ1) is 8.83. The van der Waals surface area contributed by atoms with E-state index >= 15 is 0 Å². The summed E-state index contributed by atoms with van der Waals surface area (Å²) >= 11 is 0. The van der Waals surface area contributed by atoms with Gasteiger partial charge in [0.25, 0.3) is 0 Å². The van der Waals surface area contributed by atoms with Gasteiger partial charge in [0, 0.05) is 18.6 Å². The van der Waals surface area contributed by atoms with E-state index in [1.165, 1.54) is 70.9 Å². The summed E-state index contributed by atoms with van der Waals surface area (Å²) in [4.78, 5) is 2.69. The molecule has 0 heterocycles. The third-order valence-corrected chi connectivity index (χ3v) is 5.46. The third-order valence-electron chi connectivity index (χ3n) is 5.46. The van der Waals surface area contributed by atoms with E-state index in [2.05, 4.69) is 17.3 Å². The predicted molar refractivity (Wildman–Crippen MR) is 76.7 cm³/mol. The molecule has 0 aliphatic heterocycles. The van der Waals surface area contributed by atoms with Crippen molar-refractivity contribution in [2.45, 2.75) is 69.9 Å². The van der Waals surface area contributed by atoms with Crippen LogP contribution >= 0.6 is 0 Å². The fourth-order valence-corrected chi connectivity index (χ4v) is 3.89. The monoisotopic (exact) mass is 250 g/mol. The van der Waals surface area contributed by atoms with E-state index in [9.17, 15) is 0 Å². The minimum absolute atomic E-state index is 0.884. The van der Waals surface area contributed by atoms with Crippen LogP contribution in [-0.4, -0.2) is 37.1 Å². The summed E-state index contributed by atoms with van der Waals surface area (Å²) in [6, 6.07) is 1.77. The lowest BCUT2D eigenvalue weighted by Crippen LogP contribution is -2.50. The topological polar surface area (TPSA) is 15.3 Å². The zero-order chi connectivity index (χ0) is 12.4. The molecule has 2 heteroatoms. The molecule has 3 fully saturated rings. The number of hydrogen-bond acceptors (Lipinski definition) is 2. The molecule has 2 unspecified atom stereocenters. The van der Waals surface area contributed by atoms with Crippen molar-refractivity contribution in [3.8, 4) is 0 Å². The Morgan fingerprint density at radius 2 is 1.72 bits per heavy atom. The van der Waals surface area contributed by atoms with E-state index in [-0.39, 0.29) is 0 Å². The SMILES string of the molecule is CN(CC1CCCCC1)C1CCC1CNC1CC1. The summed E-state index contributed by atoms with van der Waals surface area (Å²) in [5.74, 6) is 1.94. The summed E-state index contributed by atoms with van der Waals surface area (Å²) in [6.07, 6.45) is 13.2. The van der Waals surface area contributed by atoms with Gasteiger partial charge in [-0.05, 0) is 64.0 Å². The van der Waals surface area contributed by atoms with Crippen LogP contribution in [-0.2, 0) is 0 Å². The van der Waals surface area contributed by atoms with Crippen LogP contribution in [0.3, 0.4) is 0 Å². The molecule has 0 bridgehead atoms. The fourth-order valence-electron chi connectivity index (χ4n) is 3.89. The minimum atomic E-state index is 0.884. The van der Waals surface area contributed by atoms with Crippen LogP contribution in [0.1, 0.15) is 57.8 Å². The molecule has 1 N–H and O–H groups in total. The zero-order valence-corrected chi connectivity index (χ0v) is 12.0. The van der Waals surface area contributed by atoms with Gasteiger partial charge in [-0.15, -0.1) is 0 Å². The van der Waals surface area contributed by atoms with Crippen molar-refractivity contribution in [2.24, 2.45) is 11.8 Å². The van der Waals surface area contributed by atoms with Gasteiger partial charge in [0.1, 0.15) is 0 Å². The lowest BCUT2D eigenvalue weighted by Gasteiger charge is -2.44. The molecule has 0 spiro atoms. The third kappa shape index (κ3) is 3.27. The van der Waals surface area contributed by atoms with Crippen molar-refractivity contribution in [1.82, 2.24) is 10.2 Å². The van der Waals surface area contributed by atoms with E-state index < -0.39 is 0 Å². The number of rotatable bonds is 6. The molecular weight excluding hydrogens is 220 g/mol. The Bertz CT molecular complexity index is 256. The van der Waals surface area contributed by atoms with Gasteiger partial charge in [-0.25, -0.2) is 0 Å². The van der Waals surface area contributed by atoms with Gasteiger partial charge in [-0.3, -0.25) is 0 Å². The molecule has 2 nitrogen and oxygen atoms in total. The summed E-state index contributed by atoms with van der Waals surface area (Å²) in [5.41, 5.74) is 0. The molecule has 0 aromatic carbocycles. The summed E-state index contributed by atoms with van der Waals surface area (Å²) in [6.45, 7) is 2.65. The lowest BCUT2D eigenvalue weighted by molar-refractivity contribution is 0.0650. The van der Waals surface area contributed by atoms with Gasteiger partial charge in [-0.1, -0.05) is 19.3 Å². The van der Waals surface area contributed by atoms with Gasteiger partial charge in [0.2, 0.25) is 0 Å². The molecule has 3 aliphatic carbocycles. The van der Waals surface area contributed by atoms with Crippen LogP contribution in [0.15, 0.2) is 0 Å². The highest BCUT2D eigenvalue weighted by atomic mass is 15.2. The van der Waals surface area contributed by atoms with E-state index in [0.29, 0.717) is 0 Å². The molecule has 18 heavy (non-hydrogen) atoms. The first-order valence-corrected chi connectivity index (χ1v) is 8.26. The summed E-state index contributed by atoms with van der Waals surface area (Å²) in [5, 5.41) is 3.72. The molecular formula is C16H30N2. The van der Waals surface area contributed by atoms with Crippen LogP contribution in [0.25, 0.3) is 0 Å². The fraction of sp³-hybridized carbons (Fsp3) is 1.00. The van der Waals surface area contributed by atoms with E-state index in [1.54, 1.807) is 0 Å². The van der Waals surface area contributed by atoms with Crippen molar-refractivity contribution < 1.29 is 0 Å². The normalized spacial score (nSPS) is 33.7. The second-order valence-corrected chi connectivity index (χ2v) is 7.03. The minimum Gasteiger partial charge on any atom is -0.314 e. The van der Waals surface area contributed by atoms with Crippen LogP contribution < -0.4 is 5.32 Å². The first kappa shape index (κ1) is 12.9. The molecule has 0 amide bonds. The first-order valence-electron chi connectivity index (χ1n) is 8.26. The van der Waals surface area contributed by atoms with E-state index in [0.717, 1.165) is 23.9 Å².